The molecule has 366 valence electrons. The summed E-state index contributed by atoms with van der Waals surface area (Å²) in [5.41, 5.74) is 0. The fourth-order valence-electron chi connectivity index (χ4n) is 7.11. The summed E-state index contributed by atoms with van der Waals surface area (Å²) in [5.74, 6) is -0.530. The monoisotopic (exact) mass is 906 g/mol. The summed E-state index contributed by atoms with van der Waals surface area (Å²) in [6, 6.07) is 0. The molecule has 0 aliphatic rings. The van der Waals surface area contributed by atoms with Crippen molar-refractivity contribution in [3.05, 3.63) is 60.8 Å². The molecule has 2 atom stereocenters. The largest absolute Gasteiger partial charge is 0.472 e. The van der Waals surface area contributed by atoms with Crippen molar-refractivity contribution >= 4 is 19.7 Å². The first-order valence-corrected chi connectivity index (χ1v) is 27.3. The van der Waals surface area contributed by atoms with Crippen LogP contribution in [0.15, 0.2) is 60.8 Å². The minimum absolute atomic E-state index is 0.0798. The molecule has 0 aromatic heterocycles. The number of phosphoric ester groups is 1. The Morgan fingerprint density at radius 3 is 1.37 bits per heavy atom. The lowest BCUT2D eigenvalue weighted by molar-refractivity contribution is -0.147. The van der Waals surface area contributed by atoms with Gasteiger partial charge in [0.2, 0.25) is 5.91 Å². The van der Waals surface area contributed by atoms with Crippen LogP contribution >= 0.6 is 7.82 Å². The molecule has 63 heavy (non-hydrogen) atoms. The maximum atomic E-state index is 12.2. The van der Waals surface area contributed by atoms with E-state index in [1.165, 1.54) is 116 Å². The Morgan fingerprint density at radius 1 is 0.508 bits per heavy atom. The van der Waals surface area contributed by atoms with Gasteiger partial charge < -0.3 is 20.1 Å². The molecule has 0 rings (SSSR count). The van der Waals surface area contributed by atoms with Gasteiger partial charge in [0.1, 0.15) is 12.7 Å². The lowest BCUT2D eigenvalue weighted by atomic mass is 10.0. The molecule has 0 saturated carbocycles. The van der Waals surface area contributed by atoms with Gasteiger partial charge in [-0.1, -0.05) is 222 Å². The van der Waals surface area contributed by atoms with Crippen molar-refractivity contribution in [2.75, 3.05) is 26.4 Å². The van der Waals surface area contributed by atoms with Crippen LogP contribution in [-0.4, -0.2) is 54.3 Å². The van der Waals surface area contributed by atoms with E-state index in [4.69, 9.17) is 13.8 Å². The normalized spacial score (nSPS) is 13.7. The van der Waals surface area contributed by atoms with Crippen LogP contribution in [0.1, 0.15) is 232 Å². The van der Waals surface area contributed by atoms with Crippen LogP contribution < -0.4 is 5.32 Å². The van der Waals surface area contributed by atoms with E-state index in [9.17, 15) is 24.2 Å². The Kier molecular flexibility index (Phi) is 47.4. The Morgan fingerprint density at radius 2 is 0.905 bits per heavy atom. The SMILES string of the molecule is CC/C=C\C/C=C\C/C=C\C/C=C\C/C=C\CCCCCCCC(=O)OCC(O)COP(=O)(O)OCCNC(=O)CCCCCCCCCCCCCCCCCCCCCCC. The fourth-order valence-corrected chi connectivity index (χ4v) is 7.87. The first-order valence-electron chi connectivity index (χ1n) is 25.8. The van der Waals surface area contributed by atoms with Crippen LogP contribution in [0.4, 0.5) is 0 Å². The maximum Gasteiger partial charge on any atom is 0.472 e. The molecule has 0 aromatic rings. The summed E-state index contributed by atoms with van der Waals surface area (Å²) in [5, 5.41) is 12.8. The Bertz CT molecular complexity index is 1220. The number of carbonyl (C=O) groups excluding carboxylic acids is 2. The highest BCUT2D eigenvalue weighted by Gasteiger charge is 2.23. The zero-order valence-corrected chi connectivity index (χ0v) is 41.4. The van der Waals surface area contributed by atoms with Gasteiger partial charge in [-0.15, -0.1) is 0 Å². The fraction of sp³-hybridized carbons (Fsp3) is 0.774. The minimum atomic E-state index is -4.43. The van der Waals surface area contributed by atoms with Gasteiger partial charge in [-0.05, 0) is 57.8 Å². The summed E-state index contributed by atoms with van der Waals surface area (Å²) in [6.45, 7) is 3.45. The van der Waals surface area contributed by atoms with Crippen LogP contribution in [0.5, 0.6) is 0 Å². The molecule has 0 heterocycles. The van der Waals surface area contributed by atoms with Crippen molar-refractivity contribution in [2.45, 2.75) is 238 Å². The topological polar surface area (TPSA) is 131 Å². The molecule has 0 radical (unpaired) electrons. The third-order valence-corrected chi connectivity index (χ3v) is 11.9. The minimum Gasteiger partial charge on any atom is -0.463 e. The van der Waals surface area contributed by atoms with Crippen molar-refractivity contribution in [3.8, 4) is 0 Å². The van der Waals surface area contributed by atoms with Gasteiger partial charge in [0.15, 0.2) is 0 Å². The predicted octanol–water partition coefficient (Wildman–Crippen LogP) is 15.2. The van der Waals surface area contributed by atoms with Crippen LogP contribution in [0, 0.1) is 0 Å². The first-order chi connectivity index (χ1) is 30.8. The van der Waals surface area contributed by atoms with Crippen LogP contribution in [0.2, 0.25) is 0 Å². The Hall–Kier alpha value is -2.29. The van der Waals surface area contributed by atoms with E-state index in [2.05, 4.69) is 79.9 Å². The van der Waals surface area contributed by atoms with Crippen LogP contribution in [0.25, 0.3) is 0 Å². The second-order valence-electron chi connectivity index (χ2n) is 17.1. The zero-order chi connectivity index (χ0) is 46.0. The number of nitrogens with one attached hydrogen (secondary N) is 1. The van der Waals surface area contributed by atoms with Crippen LogP contribution in [-0.2, 0) is 27.9 Å². The number of aliphatic hydroxyl groups is 1. The van der Waals surface area contributed by atoms with E-state index in [0.717, 1.165) is 83.5 Å². The molecule has 0 saturated heterocycles. The highest BCUT2D eigenvalue weighted by molar-refractivity contribution is 7.47. The van der Waals surface area contributed by atoms with Crippen molar-refractivity contribution < 1.29 is 37.9 Å². The lowest BCUT2D eigenvalue weighted by Gasteiger charge is -2.15. The number of unbranched alkanes of at least 4 members (excludes halogenated alkanes) is 25. The molecule has 2 unspecified atom stereocenters. The van der Waals surface area contributed by atoms with E-state index >= 15 is 0 Å². The second kappa shape index (κ2) is 49.2. The highest BCUT2D eigenvalue weighted by Crippen LogP contribution is 2.42. The molecule has 0 aromatic carbocycles. The van der Waals surface area contributed by atoms with Crippen LogP contribution in [0.3, 0.4) is 0 Å². The molecule has 10 heteroatoms. The van der Waals surface area contributed by atoms with Gasteiger partial charge in [-0.25, -0.2) is 4.57 Å². The Balaban J connectivity index is 3.58. The summed E-state index contributed by atoms with van der Waals surface area (Å²) >= 11 is 0. The van der Waals surface area contributed by atoms with Crippen molar-refractivity contribution in [1.29, 1.82) is 0 Å². The first kappa shape index (κ1) is 60.7. The van der Waals surface area contributed by atoms with Crippen molar-refractivity contribution in [3.63, 3.8) is 0 Å². The van der Waals surface area contributed by atoms with Crippen molar-refractivity contribution in [2.24, 2.45) is 0 Å². The summed E-state index contributed by atoms with van der Waals surface area (Å²) in [7, 11) is -4.43. The third kappa shape index (κ3) is 50.6. The second-order valence-corrected chi connectivity index (χ2v) is 18.6. The van der Waals surface area contributed by atoms with Gasteiger partial charge >= 0.3 is 13.8 Å². The molecular weight excluding hydrogens is 810 g/mol. The van der Waals surface area contributed by atoms with E-state index < -0.39 is 26.5 Å². The van der Waals surface area contributed by atoms with Gasteiger partial charge in [-0.3, -0.25) is 18.6 Å². The molecule has 0 bridgehead atoms. The van der Waals surface area contributed by atoms with E-state index in [1.54, 1.807) is 0 Å². The number of carbonyl (C=O) groups is 2. The summed E-state index contributed by atoms with van der Waals surface area (Å²) in [6.07, 6.45) is 60.2. The Labute approximate surface area is 387 Å². The molecule has 1 amide bonds. The number of hydrogen-bond donors (Lipinski definition) is 3. The standard InChI is InChI=1S/C53H96NO8P/c1-3-5-7-9-11-13-15-17-19-21-23-25-27-29-31-33-35-37-39-41-43-45-52(56)54-47-48-61-63(58,59)62-50-51(55)49-60-53(57)46-44-42-40-38-36-34-32-30-28-26-24-22-20-18-16-14-12-10-8-6-4-2/h6,8,12,14,18,20,24,26,30,32,51,55H,3-5,7,9-11,13,15-17,19,21-23,25,27-29,31,33-50H2,1-2H3,(H,54,56)(H,58,59)/b8-6-,14-12-,20-18-,26-24-,32-30-. The number of rotatable bonds is 48. The number of esters is 1. The highest BCUT2D eigenvalue weighted by atomic mass is 31.2. The number of ether oxygens (including phenoxy) is 1. The summed E-state index contributed by atoms with van der Waals surface area (Å²) < 4.78 is 27.0. The molecule has 3 N–H and O–H groups in total. The van der Waals surface area contributed by atoms with Gasteiger partial charge in [0.25, 0.3) is 0 Å². The van der Waals surface area contributed by atoms with Gasteiger partial charge in [0.05, 0.1) is 13.2 Å². The molecule has 9 nitrogen and oxygen atoms in total. The lowest BCUT2D eigenvalue weighted by Crippen LogP contribution is -2.27. The average Bonchev–Trinajstić information content (AvgIpc) is 3.27. The number of allylic oxidation sites excluding steroid dienone is 10. The quantitative estimate of drug-likeness (QED) is 0.0238. The van der Waals surface area contributed by atoms with Crippen molar-refractivity contribution in [1.82, 2.24) is 5.32 Å². The summed E-state index contributed by atoms with van der Waals surface area (Å²) in [4.78, 5) is 34.1. The molecule has 0 spiro atoms. The molecular formula is C53H96NO8P. The number of amides is 1. The molecule has 0 aliphatic heterocycles. The molecule has 0 fully saturated rings. The smallest absolute Gasteiger partial charge is 0.463 e. The maximum absolute atomic E-state index is 12.2. The molecule has 0 aliphatic carbocycles. The third-order valence-electron chi connectivity index (χ3n) is 11.0. The predicted molar refractivity (Wildman–Crippen MR) is 266 cm³/mol. The number of aliphatic hydroxyl groups excluding tert-OH is 1. The van der Waals surface area contributed by atoms with E-state index in [1.807, 2.05) is 0 Å². The van der Waals surface area contributed by atoms with Gasteiger partial charge in [-0.2, -0.15) is 0 Å². The van der Waals surface area contributed by atoms with E-state index in [-0.39, 0.29) is 32.1 Å². The average molecular weight is 906 g/mol. The van der Waals surface area contributed by atoms with Gasteiger partial charge in [0, 0.05) is 19.4 Å². The number of hydrogen-bond acceptors (Lipinski definition) is 7. The number of phosphoric acid groups is 1. The zero-order valence-electron chi connectivity index (χ0n) is 40.5. The van der Waals surface area contributed by atoms with E-state index in [0.29, 0.717) is 12.8 Å².